The third-order valence-electron chi connectivity index (χ3n) is 2.64. The van der Waals surface area contributed by atoms with E-state index in [1.54, 1.807) is 0 Å². The molecule has 6 N–H and O–H groups in total. The predicted octanol–water partition coefficient (Wildman–Crippen LogP) is 0.370. The molecule has 0 aliphatic carbocycles. The number of anilines is 1. The van der Waals surface area contributed by atoms with E-state index in [9.17, 15) is 19.2 Å². The van der Waals surface area contributed by atoms with Gasteiger partial charge in [-0.2, -0.15) is 0 Å². The van der Waals surface area contributed by atoms with Crippen LogP contribution in [0.4, 0.5) is 5.69 Å². The Morgan fingerprint density at radius 3 is 1.15 bits per heavy atom. The van der Waals surface area contributed by atoms with Crippen molar-refractivity contribution in [3.8, 4) is 0 Å². The summed E-state index contributed by atoms with van der Waals surface area (Å²) in [6.45, 7) is 1.01. The van der Waals surface area contributed by atoms with E-state index in [0.717, 1.165) is 6.92 Å². The number of carboxylic acids is 4. The van der Waals surface area contributed by atoms with E-state index in [1.165, 1.54) is 0 Å². The topological polar surface area (TPSA) is 175 Å². The summed E-state index contributed by atoms with van der Waals surface area (Å²) >= 11 is 0. The first-order chi connectivity index (χ1) is 9.11. The summed E-state index contributed by atoms with van der Waals surface area (Å²) in [5, 5.41) is 35.9. The zero-order valence-corrected chi connectivity index (χ0v) is 10.00. The highest BCUT2D eigenvalue weighted by atomic mass is 16.4. The second-order valence-corrected chi connectivity index (χ2v) is 3.76. The van der Waals surface area contributed by atoms with Gasteiger partial charge in [0.25, 0.3) is 0 Å². The number of benzene rings is 1. The summed E-state index contributed by atoms with van der Waals surface area (Å²) < 4.78 is 0. The third kappa shape index (κ3) is 2.11. The summed E-state index contributed by atoms with van der Waals surface area (Å²) in [5.41, 5.74) is 0.347. The lowest BCUT2D eigenvalue weighted by Gasteiger charge is -2.15. The first kappa shape index (κ1) is 15.0. The van der Waals surface area contributed by atoms with E-state index in [4.69, 9.17) is 26.2 Å². The summed E-state index contributed by atoms with van der Waals surface area (Å²) in [7, 11) is 0. The second kappa shape index (κ2) is 4.88. The van der Waals surface area contributed by atoms with Crippen molar-refractivity contribution in [1.29, 1.82) is 0 Å². The predicted molar refractivity (Wildman–Crippen MR) is 63.4 cm³/mol. The highest BCUT2D eigenvalue weighted by Gasteiger charge is 2.32. The fourth-order valence-corrected chi connectivity index (χ4v) is 1.87. The Bertz CT molecular complexity index is 551. The maximum absolute atomic E-state index is 11.1. The standard InChI is InChI=1S/C11H9NO8/c1-2-3(8(13)14)5(10(17)18)7(12)6(11(19)20)4(2)9(15)16/h12H2,1H3,(H,13,14)(H,15,16)(H,17,18)(H,19,20). The van der Waals surface area contributed by atoms with Gasteiger partial charge < -0.3 is 26.2 Å². The lowest BCUT2D eigenvalue weighted by Crippen LogP contribution is -2.22. The molecule has 9 nitrogen and oxygen atoms in total. The average molecular weight is 283 g/mol. The van der Waals surface area contributed by atoms with Crippen molar-refractivity contribution in [2.24, 2.45) is 0 Å². The molecule has 0 saturated carbocycles. The van der Waals surface area contributed by atoms with Crippen LogP contribution in [0.5, 0.6) is 0 Å². The Labute approximate surface area is 110 Å². The molecule has 9 heteroatoms. The summed E-state index contributed by atoms with van der Waals surface area (Å²) in [5.74, 6) is -6.96. The van der Waals surface area contributed by atoms with E-state index in [2.05, 4.69) is 0 Å². The number of hydrogen-bond acceptors (Lipinski definition) is 5. The van der Waals surface area contributed by atoms with Crippen molar-refractivity contribution in [3.05, 3.63) is 27.8 Å². The van der Waals surface area contributed by atoms with Gasteiger partial charge in [0.2, 0.25) is 0 Å². The number of nitrogens with two attached hydrogens (primary N) is 1. The fourth-order valence-electron chi connectivity index (χ4n) is 1.87. The minimum absolute atomic E-state index is 0.492. The van der Waals surface area contributed by atoms with Crippen LogP contribution in [0, 0.1) is 6.92 Å². The van der Waals surface area contributed by atoms with E-state index in [1.807, 2.05) is 0 Å². The molecule has 1 aromatic rings. The Hall–Kier alpha value is -3.10. The number of aromatic carboxylic acids is 4. The fraction of sp³-hybridized carbons (Fsp3) is 0.0909. The quantitative estimate of drug-likeness (QED) is 0.488. The lowest BCUT2D eigenvalue weighted by atomic mass is 9.90. The first-order valence-corrected chi connectivity index (χ1v) is 5.00. The molecule has 0 radical (unpaired) electrons. The van der Waals surface area contributed by atoms with Gasteiger partial charge in [0.05, 0.1) is 27.9 Å². The van der Waals surface area contributed by atoms with E-state index < -0.39 is 57.4 Å². The molecule has 106 valence electrons. The molecule has 0 unspecified atom stereocenters. The molecular weight excluding hydrogens is 274 g/mol. The van der Waals surface area contributed by atoms with E-state index in [-0.39, 0.29) is 0 Å². The molecule has 0 aliphatic heterocycles. The van der Waals surface area contributed by atoms with Gasteiger partial charge in [-0.3, -0.25) is 0 Å². The van der Waals surface area contributed by atoms with E-state index >= 15 is 0 Å². The van der Waals surface area contributed by atoms with Gasteiger partial charge in [0.1, 0.15) is 0 Å². The van der Waals surface area contributed by atoms with Crippen LogP contribution in [0.3, 0.4) is 0 Å². The zero-order valence-electron chi connectivity index (χ0n) is 10.00. The van der Waals surface area contributed by atoms with Gasteiger partial charge >= 0.3 is 23.9 Å². The summed E-state index contributed by atoms with van der Waals surface area (Å²) in [6.07, 6.45) is 0. The molecule has 20 heavy (non-hydrogen) atoms. The van der Waals surface area contributed by atoms with Crippen LogP contribution in [0.15, 0.2) is 0 Å². The highest BCUT2D eigenvalue weighted by molar-refractivity contribution is 6.15. The molecule has 0 saturated heterocycles. The Morgan fingerprint density at radius 1 is 0.700 bits per heavy atom. The molecule has 0 aliphatic rings. The van der Waals surface area contributed by atoms with Crippen molar-refractivity contribution in [3.63, 3.8) is 0 Å². The molecule has 0 atom stereocenters. The van der Waals surface area contributed by atoms with E-state index in [0.29, 0.717) is 0 Å². The Kier molecular flexibility index (Phi) is 3.65. The Morgan fingerprint density at radius 2 is 0.950 bits per heavy atom. The highest BCUT2D eigenvalue weighted by Crippen LogP contribution is 2.30. The molecule has 0 bridgehead atoms. The third-order valence-corrected chi connectivity index (χ3v) is 2.64. The number of rotatable bonds is 4. The molecule has 0 amide bonds. The van der Waals surface area contributed by atoms with Crippen LogP contribution in [0.25, 0.3) is 0 Å². The maximum Gasteiger partial charge on any atom is 0.338 e. The van der Waals surface area contributed by atoms with Crippen LogP contribution in [0.1, 0.15) is 47.0 Å². The van der Waals surface area contributed by atoms with Gasteiger partial charge in [-0.25, -0.2) is 19.2 Å². The smallest absolute Gasteiger partial charge is 0.338 e. The normalized spacial score (nSPS) is 10.1. The minimum Gasteiger partial charge on any atom is -0.478 e. The number of carboxylic acid groups (broad SMARTS) is 4. The van der Waals surface area contributed by atoms with Crippen molar-refractivity contribution < 1.29 is 39.6 Å². The number of nitrogen functional groups attached to an aromatic ring is 1. The van der Waals surface area contributed by atoms with Gasteiger partial charge in [-0.1, -0.05) is 0 Å². The average Bonchev–Trinajstić information content (AvgIpc) is 2.28. The van der Waals surface area contributed by atoms with Gasteiger partial charge in [0.15, 0.2) is 0 Å². The maximum atomic E-state index is 11.1. The molecule has 0 aromatic heterocycles. The summed E-state index contributed by atoms with van der Waals surface area (Å²) in [6, 6.07) is 0. The minimum atomic E-state index is -1.76. The molecule has 0 spiro atoms. The van der Waals surface area contributed by atoms with Crippen molar-refractivity contribution in [1.82, 2.24) is 0 Å². The van der Waals surface area contributed by atoms with Crippen LogP contribution in [-0.4, -0.2) is 44.3 Å². The SMILES string of the molecule is Cc1c(C(=O)O)c(C(=O)O)c(N)c(C(=O)O)c1C(=O)O. The molecule has 0 fully saturated rings. The molecule has 1 rings (SSSR count). The zero-order chi connectivity index (χ0) is 15.8. The monoisotopic (exact) mass is 283 g/mol. The van der Waals surface area contributed by atoms with Crippen LogP contribution in [-0.2, 0) is 0 Å². The molecule has 1 aromatic carbocycles. The van der Waals surface area contributed by atoms with Gasteiger partial charge in [0, 0.05) is 0 Å². The summed E-state index contributed by atoms with van der Waals surface area (Å²) in [4.78, 5) is 44.3. The van der Waals surface area contributed by atoms with Crippen molar-refractivity contribution in [2.75, 3.05) is 5.73 Å². The van der Waals surface area contributed by atoms with Crippen LogP contribution < -0.4 is 5.73 Å². The largest absolute Gasteiger partial charge is 0.478 e. The number of carbonyl (C=O) groups is 4. The number of hydrogen-bond donors (Lipinski definition) is 5. The molecular formula is C11H9NO8. The van der Waals surface area contributed by atoms with Gasteiger partial charge in [-0.05, 0) is 12.5 Å². The second-order valence-electron chi connectivity index (χ2n) is 3.76. The van der Waals surface area contributed by atoms with Gasteiger partial charge in [-0.15, -0.1) is 0 Å². The van der Waals surface area contributed by atoms with Crippen LogP contribution in [0.2, 0.25) is 0 Å². The van der Waals surface area contributed by atoms with Crippen LogP contribution >= 0.6 is 0 Å². The Balaban J connectivity index is 4.10. The van der Waals surface area contributed by atoms with Crippen molar-refractivity contribution >= 4 is 29.6 Å². The lowest BCUT2D eigenvalue weighted by molar-refractivity contribution is 0.0637. The molecule has 0 heterocycles. The van der Waals surface area contributed by atoms with Crippen molar-refractivity contribution in [2.45, 2.75) is 6.92 Å². The first-order valence-electron chi connectivity index (χ1n) is 5.00.